The zero-order chi connectivity index (χ0) is 19.8. The standard InChI is InChI=1S/C23H27N3O2/c1-4-25-20-14-17(22(27)24-18-10-8-15(2)16(3)13-18)9-11-19(20)23(28)26-12-6-5-7-21(25)26/h8-11,13-14,21H,4-7,12H2,1-3H3,(H,24,27)/t21-/m0/s1. The van der Waals surface area contributed by atoms with Crippen molar-refractivity contribution in [1.82, 2.24) is 4.90 Å². The van der Waals surface area contributed by atoms with E-state index < -0.39 is 0 Å². The van der Waals surface area contributed by atoms with Crippen LogP contribution in [0.4, 0.5) is 11.4 Å². The molecule has 5 nitrogen and oxygen atoms in total. The van der Waals surface area contributed by atoms with Crippen molar-refractivity contribution in [3.8, 4) is 0 Å². The lowest BCUT2D eigenvalue weighted by Gasteiger charge is -2.47. The molecule has 1 fully saturated rings. The third kappa shape index (κ3) is 3.15. The van der Waals surface area contributed by atoms with Crippen molar-refractivity contribution in [3.05, 3.63) is 58.7 Å². The largest absolute Gasteiger partial charge is 0.351 e. The minimum atomic E-state index is -0.152. The van der Waals surface area contributed by atoms with Crippen molar-refractivity contribution in [2.75, 3.05) is 23.3 Å². The highest BCUT2D eigenvalue weighted by atomic mass is 16.2. The molecule has 2 aliphatic rings. The number of aryl methyl sites for hydroxylation is 2. The molecule has 0 bridgehead atoms. The van der Waals surface area contributed by atoms with Crippen LogP contribution in [0.1, 0.15) is 58.0 Å². The number of carbonyl (C=O) groups excluding carboxylic acids is 2. The fourth-order valence-corrected chi connectivity index (χ4v) is 4.29. The van der Waals surface area contributed by atoms with Gasteiger partial charge in [-0.25, -0.2) is 0 Å². The average Bonchev–Trinajstić information content (AvgIpc) is 2.71. The molecule has 2 heterocycles. The molecular weight excluding hydrogens is 350 g/mol. The van der Waals surface area contributed by atoms with Gasteiger partial charge in [0, 0.05) is 24.3 Å². The van der Waals surface area contributed by atoms with Gasteiger partial charge in [-0.2, -0.15) is 0 Å². The summed E-state index contributed by atoms with van der Waals surface area (Å²) in [6.07, 6.45) is 3.29. The minimum Gasteiger partial charge on any atom is -0.351 e. The van der Waals surface area contributed by atoms with Crippen LogP contribution in [-0.4, -0.2) is 36.0 Å². The van der Waals surface area contributed by atoms with Crippen LogP contribution in [0.2, 0.25) is 0 Å². The predicted octanol–water partition coefficient (Wildman–Crippen LogP) is 4.35. The lowest BCUT2D eigenvalue weighted by atomic mass is 9.97. The number of hydrogen-bond acceptors (Lipinski definition) is 3. The van der Waals surface area contributed by atoms with Gasteiger partial charge in [-0.05, 0) is 81.5 Å². The molecule has 28 heavy (non-hydrogen) atoms. The third-order valence-electron chi connectivity index (χ3n) is 6.00. The maximum Gasteiger partial charge on any atom is 0.257 e. The Morgan fingerprint density at radius 2 is 1.93 bits per heavy atom. The zero-order valence-electron chi connectivity index (χ0n) is 16.8. The van der Waals surface area contributed by atoms with E-state index in [1.807, 2.05) is 36.1 Å². The summed E-state index contributed by atoms with van der Waals surface area (Å²) in [5, 5.41) is 2.98. The van der Waals surface area contributed by atoms with Gasteiger partial charge in [0.2, 0.25) is 0 Å². The van der Waals surface area contributed by atoms with E-state index in [4.69, 9.17) is 0 Å². The fourth-order valence-electron chi connectivity index (χ4n) is 4.29. The Bertz CT molecular complexity index is 937. The van der Waals surface area contributed by atoms with Crippen LogP contribution in [-0.2, 0) is 0 Å². The summed E-state index contributed by atoms with van der Waals surface area (Å²) in [4.78, 5) is 30.0. The summed E-state index contributed by atoms with van der Waals surface area (Å²) in [6, 6.07) is 11.3. The van der Waals surface area contributed by atoms with Crippen molar-refractivity contribution in [1.29, 1.82) is 0 Å². The Hall–Kier alpha value is -2.82. The molecule has 146 valence electrons. The van der Waals surface area contributed by atoms with E-state index in [1.54, 1.807) is 12.1 Å². The molecule has 1 atom stereocenters. The highest BCUT2D eigenvalue weighted by molar-refractivity contribution is 6.08. The summed E-state index contributed by atoms with van der Waals surface area (Å²) in [7, 11) is 0. The van der Waals surface area contributed by atoms with E-state index in [0.29, 0.717) is 11.1 Å². The summed E-state index contributed by atoms with van der Waals surface area (Å²) in [5.41, 5.74) is 5.27. The number of nitrogens with zero attached hydrogens (tertiary/aromatic N) is 2. The molecule has 2 amide bonds. The van der Waals surface area contributed by atoms with E-state index in [0.717, 1.165) is 49.3 Å². The lowest BCUT2D eigenvalue weighted by molar-refractivity contribution is 0.0582. The van der Waals surface area contributed by atoms with Crippen LogP contribution in [0.5, 0.6) is 0 Å². The quantitative estimate of drug-likeness (QED) is 0.865. The molecular formula is C23H27N3O2. The molecule has 5 heteroatoms. The lowest BCUT2D eigenvalue weighted by Crippen LogP contribution is -2.57. The molecule has 2 aromatic rings. The molecule has 0 spiro atoms. The molecule has 0 aromatic heterocycles. The normalized spacial score (nSPS) is 18.5. The SMILES string of the molecule is CCN1c2cc(C(=O)Nc3ccc(C)c(C)c3)ccc2C(=O)N2CCCC[C@H]21. The fraction of sp³-hybridized carbons (Fsp3) is 0.391. The zero-order valence-corrected chi connectivity index (χ0v) is 16.8. The first-order valence-corrected chi connectivity index (χ1v) is 10.1. The Morgan fingerprint density at radius 3 is 2.68 bits per heavy atom. The Balaban J connectivity index is 1.65. The highest BCUT2D eigenvalue weighted by Crippen LogP contribution is 2.35. The topological polar surface area (TPSA) is 52.7 Å². The number of carbonyl (C=O) groups is 2. The van der Waals surface area contributed by atoms with Crippen molar-refractivity contribution in [3.63, 3.8) is 0 Å². The molecule has 1 N–H and O–H groups in total. The van der Waals surface area contributed by atoms with E-state index in [9.17, 15) is 9.59 Å². The molecule has 0 saturated carbocycles. The number of nitrogens with one attached hydrogen (secondary N) is 1. The second kappa shape index (κ2) is 7.30. The van der Waals surface area contributed by atoms with Crippen LogP contribution >= 0.6 is 0 Å². The predicted molar refractivity (Wildman–Crippen MR) is 112 cm³/mol. The first-order chi connectivity index (χ1) is 13.5. The van der Waals surface area contributed by atoms with Gasteiger partial charge in [-0.1, -0.05) is 6.07 Å². The van der Waals surface area contributed by atoms with E-state index in [2.05, 4.69) is 24.1 Å². The minimum absolute atomic E-state index is 0.0884. The van der Waals surface area contributed by atoms with E-state index in [1.165, 1.54) is 5.56 Å². The molecule has 0 aliphatic carbocycles. The second-order valence-corrected chi connectivity index (χ2v) is 7.75. The van der Waals surface area contributed by atoms with Crippen LogP contribution in [0.15, 0.2) is 36.4 Å². The smallest absolute Gasteiger partial charge is 0.257 e. The molecule has 1 saturated heterocycles. The molecule has 0 unspecified atom stereocenters. The van der Waals surface area contributed by atoms with Crippen LogP contribution in [0.3, 0.4) is 0 Å². The van der Waals surface area contributed by atoms with Gasteiger partial charge < -0.3 is 15.1 Å². The number of piperidine rings is 1. The monoisotopic (exact) mass is 377 g/mol. The third-order valence-corrected chi connectivity index (χ3v) is 6.00. The van der Waals surface area contributed by atoms with Crippen molar-refractivity contribution < 1.29 is 9.59 Å². The maximum atomic E-state index is 13.0. The summed E-state index contributed by atoms with van der Waals surface area (Å²) in [6.45, 7) is 7.81. The van der Waals surface area contributed by atoms with Crippen LogP contribution < -0.4 is 10.2 Å². The van der Waals surface area contributed by atoms with Gasteiger partial charge in [0.1, 0.15) is 6.17 Å². The number of hydrogen-bond donors (Lipinski definition) is 1. The van der Waals surface area contributed by atoms with Crippen molar-refractivity contribution >= 4 is 23.2 Å². The molecule has 4 rings (SSSR count). The highest BCUT2D eigenvalue weighted by Gasteiger charge is 2.38. The van der Waals surface area contributed by atoms with Gasteiger partial charge >= 0.3 is 0 Å². The van der Waals surface area contributed by atoms with Crippen molar-refractivity contribution in [2.24, 2.45) is 0 Å². The number of rotatable bonds is 3. The van der Waals surface area contributed by atoms with Gasteiger partial charge in [-0.15, -0.1) is 0 Å². The van der Waals surface area contributed by atoms with Crippen LogP contribution in [0, 0.1) is 13.8 Å². The summed E-state index contributed by atoms with van der Waals surface area (Å²) in [5.74, 6) is -0.0638. The molecule has 0 radical (unpaired) electrons. The number of amides is 2. The van der Waals surface area contributed by atoms with Crippen LogP contribution in [0.25, 0.3) is 0 Å². The summed E-state index contributed by atoms with van der Waals surface area (Å²) >= 11 is 0. The first kappa shape index (κ1) is 18.5. The van der Waals surface area contributed by atoms with Crippen molar-refractivity contribution in [2.45, 2.75) is 46.2 Å². The number of benzene rings is 2. The van der Waals surface area contributed by atoms with Gasteiger partial charge in [0.25, 0.3) is 11.8 Å². The Kier molecular flexibility index (Phi) is 4.84. The molecule has 2 aromatic carbocycles. The van der Waals surface area contributed by atoms with Gasteiger partial charge in [0.05, 0.1) is 11.3 Å². The van der Waals surface area contributed by atoms with E-state index >= 15 is 0 Å². The molecule has 2 aliphatic heterocycles. The summed E-state index contributed by atoms with van der Waals surface area (Å²) < 4.78 is 0. The second-order valence-electron chi connectivity index (χ2n) is 7.75. The number of fused-ring (bicyclic) bond motifs is 2. The average molecular weight is 377 g/mol. The van der Waals surface area contributed by atoms with E-state index in [-0.39, 0.29) is 18.0 Å². The van der Waals surface area contributed by atoms with Gasteiger partial charge in [0.15, 0.2) is 0 Å². The Morgan fingerprint density at radius 1 is 1.11 bits per heavy atom. The van der Waals surface area contributed by atoms with Gasteiger partial charge in [-0.3, -0.25) is 9.59 Å². The first-order valence-electron chi connectivity index (χ1n) is 10.1. The Labute approximate surface area is 166 Å². The maximum absolute atomic E-state index is 13.0. The number of anilines is 2.